The Morgan fingerprint density at radius 3 is 2.76 bits per heavy atom. The van der Waals surface area contributed by atoms with E-state index in [1.807, 2.05) is 10.6 Å². The number of fused-ring (bicyclic) bond motifs is 1. The quantitative estimate of drug-likeness (QED) is 0.689. The van der Waals surface area contributed by atoms with Gasteiger partial charge < -0.3 is 14.1 Å². The van der Waals surface area contributed by atoms with E-state index in [0.717, 1.165) is 5.39 Å². The number of carbonyl (C=O) groups is 2. The largest absolute Gasteiger partial charge is 0.464 e. The standard InChI is InChI=1S/C18H15N3O4/c22-8-3-7-21-10-12(11-4-1-6-19-16(11)21)14-15(13-5-2-9-25-13)18(24)20-17(14)23/h1-2,4-6,9-10,22H,3,7-8H2,(H,20,23,24). The number of aromatic nitrogens is 2. The first kappa shape index (κ1) is 15.3. The van der Waals surface area contributed by atoms with Crippen molar-refractivity contribution in [3.8, 4) is 0 Å². The molecular formula is C18H15N3O4. The molecule has 1 aliphatic heterocycles. The minimum atomic E-state index is -0.477. The van der Waals surface area contributed by atoms with Crippen molar-refractivity contribution in [2.24, 2.45) is 0 Å². The van der Waals surface area contributed by atoms with Gasteiger partial charge in [-0.15, -0.1) is 0 Å². The predicted molar refractivity (Wildman–Crippen MR) is 90.1 cm³/mol. The highest BCUT2D eigenvalue weighted by Crippen LogP contribution is 2.35. The van der Waals surface area contributed by atoms with Crippen molar-refractivity contribution in [3.05, 3.63) is 54.2 Å². The van der Waals surface area contributed by atoms with E-state index in [-0.39, 0.29) is 17.8 Å². The highest BCUT2D eigenvalue weighted by molar-refractivity contribution is 6.49. The number of aliphatic hydroxyl groups excluding tert-OH is 1. The zero-order valence-electron chi connectivity index (χ0n) is 13.2. The third kappa shape index (κ3) is 2.45. The summed E-state index contributed by atoms with van der Waals surface area (Å²) < 4.78 is 7.22. The molecule has 1 aliphatic rings. The van der Waals surface area contributed by atoms with Gasteiger partial charge in [0.1, 0.15) is 11.4 Å². The van der Waals surface area contributed by atoms with Crippen LogP contribution in [-0.2, 0) is 16.1 Å². The molecule has 7 heteroatoms. The SMILES string of the molecule is O=C1NC(=O)C(c2cn(CCCO)c3ncccc23)=C1c1ccco1. The van der Waals surface area contributed by atoms with Crippen LogP contribution in [-0.4, -0.2) is 33.1 Å². The van der Waals surface area contributed by atoms with Gasteiger partial charge in [0.25, 0.3) is 11.8 Å². The molecular weight excluding hydrogens is 322 g/mol. The van der Waals surface area contributed by atoms with Crippen LogP contribution in [0.2, 0.25) is 0 Å². The van der Waals surface area contributed by atoms with Crippen molar-refractivity contribution in [1.82, 2.24) is 14.9 Å². The summed E-state index contributed by atoms with van der Waals surface area (Å²) in [6, 6.07) is 6.96. The molecule has 0 saturated heterocycles. The molecule has 2 amide bonds. The van der Waals surface area contributed by atoms with Gasteiger partial charge in [-0.2, -0.15) is 0 Å². The monoisotopic (exact) mass is 337 g/mol. The molecule has 0 aliphatic carbocycles. The average molecular weight is 337 g/mol. The Labute approximate surface area is 142 Å². The minimum Gasteiger partial charge on any atom is -0.464 e. The van der Waals surface area contributed by atoms with Crippen molar-refractivity contribution < 1.29 is 19.1 Å². The molecule has 25 heavy (non-hydrogen) atoms. The number of nitrogens with one attached hydrogen (secondary N) is 1. The van der Waals surface area contributed by atoms with Gasteiger partial charge in [0.15, 0.2) is 0 Å². The van der Waals surface area contributed by atoms with Gasteiger partial charge in [-0.05, 0) is 30.7 Å². The van der Waals surface area contributed by atoms with E-state index in [2.05, 4.69) is 10.3 Å². The number of furan rings is 1. The second-order valence-corrected chi connectivity index (χ2v) is 5.70. The summed E-state index contributed by atoms with van der Waals surface area (Å²) in [6.07, 6.45) is 5.49. The molecule has 3 aromatic rings. The lowest BCUT2D eigenvalue weighted by Gasteiger charge is -2.01. The van der Waals surface area contributed by atoms with E-state index < -0.39 is 11.8 Å². The smallest absolute Gasteiger partial charge is 0.262 e. The Kier molecular flexibility index (Phi) is 3.70. The molecule has 126 valence electrons. The average Bonchev–Trinajstić information content (AvgIpc) is 3.31. The molecule has 0 radical (unpaired) electrons. The van der Waals surface area contributed by atoms with E-state index in [0.29, 0.717) is 29.9 Å². The van der Waals surface area contributed by atoms with Crippen LogP contribution in [0.25, 0.3) is 22.2 Å². The lowest BCUT2D eigenvalue weighted by molar-refractivity contribution is -0.122. The van der Waals surface area contributed by atoms with Crippen LogP contribution in [0.15, 0.2) is 47.3 Å². The fraction of sp³-hybridized carbons (Fsp3) is 0.167. The Morgan fingerprint density at radius 2 is 2.00 bits per heavy atom. The number of rotatable bonds is 5. The zero-order valence-corrected chi connectivity index (χ0v) is 13.2. The Bertz CT molecular complexity index is 999. The molecule has 2 N–H and O–H groups in total. The van der Waals surface area contributed by atoms with Crippen molar-refractivity contribution in [3.63, 3.8) is 0 Å². The molecule has 0 aromatic carbocycles. The topological polar surface area (TPSA) is 97.4 Å². The number of carbonyl (C=O) groups excluding carboxylic acids is 2. The van der Waals surface area contributed by atoms with E-state index in [4.69, 9.17) is 9.52 Å². The van der Waals surface area contributed by atoms with E-state index in [1.54, 1.807) is 30.6 Å². The second kappa shape index (κ2) is 6.03. The van der Waals surface area contributed by atoms with Gasteiger partial charge in [-0.1, -0.05) is 0 Å². The van der Waals surface area contributed by atoms with Crippen LogP contribution >= 0.6 is 0 Å². The van der Waals surface area contributed by atoms with Crippen molar-refractivity contribution in [2.45, 2.75) is 13.0 Å². The number of pyridine rings is 1. The Balaban J connectivity index is 1.96. The van der Waals surface area contributed by atoms with Gasteiger partial charge in [-0.25, -0.2) is 4.98 Å². The van der Waals surface area contributed by atoms with E-state index >= 15 is 0 Å². The third-order valence-electron chi connectivity index (χ3n) is 4.16. The number of imide groups is 1. The number of aliphatic hydroxyl groups is 1. The highest BCUT2D eigenvalue weighted by Gasteiger charge is 2.35. The molecule has 0 atom stereocenters. The molecule has 4 heterocycles. The first-order chi connectivity index (χ1) is 12.2. The summed E-state index contributed by atoms with van der Waals surface area (Å²) in [5.74, 6) is -0.588. The lowest BCUT2D eigenvalue weighted by atomic mass is 10.0. The molecule has 7 nitrogen and oxygen atoms in total. The van der Waals surface area contributed by atoms with E-state index in [9.17, 15) is 9.59 Å². The fourth-order valence-corrected chi connectivity index (χ4v) is 3.10. The first-order valence-electron chi connectivity index (χ1n) is 7.89. The molecule has 3 aromatic heterocycles. The molecule has 4 rings (SSSR count). The maximum atomic E-state index is 12.5. The molecule has 0 fully saturated rings. The van der Waals surface area contributed by atoms with Crippen LogP contribution in [0, 0.1) is 0 Å². The number of hydrogen-bond donors (Lipinski definition) is 2. The van der Waals surface area contributed by atoms with Gasteiger partial charge in [-0.3, -0.25) is 14.9 Å². The summed E-state index contributed by atoms with van der Waals surface area (Å²) >= 11 is 0. The number of aryl methyl sites for hydroxylation is 1. The summed E-state index contributed by atoms with van der Waals surface area (Å²) in [6.45, 7) is 0.615. The van der Waals surface area contributed by atoms with Crippen LogP contribution in [0.3, 0.4) is 0 Å². The van der Waals surface area contributed by atoms with Crippen LogP contribution < -0.4 is 5.32 Å². The van der Waals surface area contributed by atoms with Crippen molar-refractivity contribution >= 4 is 34.0 Å². The van der Waals surface area contributed by atoms with Crippen LogP contribution in [0.4, 0.5) is 0 Å². The third-order valence-corrected chi connectivity index (χ3v) is 4.16. The first-order valence-corrected chi connectivity index (χ1v) is 7.89. The van der Waals surface area contributed by atoms with Crippen LogP contribution in [0.1, 0.15) is 17.7 Å². The normalized spacial score (nSPS) is 14.6. The molecule has 0 unspecified atom stereocenters. The van der Waals surface area contributed by atoms with Gasteiger partial charge >= 0.3 is 0 Å². The maximum absolute atomic E-state index is 12.5. The summed E-state index contributed by atoms with van der Waals surface area (Å²) in [4.78, 5) is 29.1. The van der Waals surface area contributed by atoms with Crippen LogP contribution in [0.5, 0.6) is 0 Å². The fourth-order valence-electron chi connectivity index (χ4n) is 3.10. The highest BCUT2D eigenvalue weighted by atomic mass is 16.3. The minimum absolute atomic E-state index is 0.0567. The van der Waals surface area contributed by atoms with Gasteiger partial charge in [0.05, 0.1) is 17.4 Å². The summed E-state index contributed by atoms with van der Waals surface area (Å²) in [5, 5.41) is 12.2. The van der Waals surface area contributed by atoms with Gasteiger partial charge in [0.2, 0.25) is 0 Å². The van der Waals surface area contributed by atoms with Gasteiger partial charge in [0, 0.05) is 36.5 Å². The molecule has 0 spiro atoms. The van der Waals surface area contributed by atoms with E-state index in [1.165, 1.54) is 6.26 Å². The summed E-state index contributed by atoms with van der Waals surface area (Å²) in [5.41, 5.74) is 1.82. The maximum Gasteiger partial charge on any atom is 0.262 e. The predicted octanol–water partition coefficient (Wildman–Crippen LogP) is 1.58. The second-order valence-electron chi connectivity index (χ2n) is 5.70. The number of hydrogen-bond acceptors (Lipinski definition) is 5. The number of nitrogens with zero attached hydrogens (tertiary/aromatic N) is 2. The Morgan fingerprint density at radius 1 is 1.16 bits per heavy atom. The molecule has 0 saturated carbocycles. The summed E-state index contributed by atoms with van der Waals surface area (Å²) in [7, 11) is 0. The molecule has 0 bridgehead atoms. The Hall–Kier alpha value is -3.19. The van der Waals surface area contributed by atoms with Crippen molar-refractivity contribution in [1.29, 1.82) is 0 Å². The number of amides is 2. The van der Waals surface area contributed by atoms with Crippen molar-refractivity contribution in [2.75, 3.05) is 6.61 Å². The zero-order chi connectivity index (χ0) is 17.4. The lowest BCUT2D eigenvalue weighted by Crippen LogP contribution is -2.22.